The summed E-state index contributed by atoms with van der Waals surface area (Å²) >= 11 is 1.39. The van der Waals surface area contributed by atoms with Gasteiger partial charge < -0.3 is 5.32 Å². The van der Waals surface area contributed by atoms with E-state index in [4.69, 9.17) is 0 Å². The molecule has 1 aliphatic rings. The first-order valence-corrected chi connectivity index (χ1v) is 11.4. The van der Waals surface area contributed by atoms with Crippen molar-refractivity contribution in [3.05, 3.63) is 71.8 Å². The number of aromatic nitrogens is 3. The number of nitrogens with zero attached hydrogens (tertiary/aromatic N) is 4. The van der Waals surface area contributed by atoms with Crippen LogP contribution in [0.4, 0.5) is 4.39 Å². The molecule has 4 rings (SSSR count). The van der Waals surface area contributed by atoms with Crippen LogP contribution in [0, 0.1) is 5.82 Å². The summed E-state index contributed by atoms with van der Waals surface area (Å²) in [5.41, 5.74) is 1.84. The normalized spacial score (nSPS) is 15.2. The molecule has 0 aliphatic carbocycles. The van der Waals surface area contributed by atoms with Gasteiger partial charge in [-0.3, -0.25) is 14.3 Å². The van der Waals surface area contributed by atoms with Gasteiger partial charge in [0.05, 0.1) is 11.8 Å². The van der Waals surface area contributed by atoms with Crippen LogP contribution < -0.4 is 5.32 Å². The maximum Gasteiger partial charge on any atom is 0.233 e. The van der Waals surface area contributed by atoms with Gasteiger partial charge in [-0.15, -0.1) is 10.2 Å². The van der Waals surface area contributed by atoms with Crippen LogP contribution in [-0.4, -0.2) is 43.9 Å². The van der Waals surface area contributed by atoms with Crippen LogP contribution >= 0.6 is 11.8 Å². The van der Waals surface area contributed by atoms with Gasteiger partial charge in [0.2, 0.25) is 5.91 Å². The SMILES string of the molecule is CC(Sc1nnc(CN2CCCC2)n1-c1ccccc1)C(=O)NCc1ccc(F)cc1. The molecule has 1 saturated heterocycles. The molecule has 0 spiro atoms. The van der Waals surface area contributed by atoms with Gasteiger partial charge in [-0.2, -0.15) is 0 Å². The zero-order valence-electron chi connectivity index (χ0n) is 17.5. The number of hydrogen-bond donors (Lipinski definition) is 1. The lowest BCUT2D eigenvalue weighted by atomic mass is 10.2. The molecule has 2 heterocycles. The van der Waals surface area contributed by atoms with Crippen LogP contribution in [0.1, 0.15) is 31.2 Å². The Hall–Kier alpha value is -2.71. The third kappa shape index (κ3) is 5.51. The van der Waals surface area contributed by atoms with Gasteiger partial charge in [-0.05, 0) is 62.7 Å². The Morgan fingerprint density at radius 2 is 1.81 bits per heavy atom. The lowest BCUT2D eigenvalue weighted by Crippen LogP contribution is -2.30. The molecule has 1 atom stereocenters. The number of halogens is 1. The van der Waals surface area contributed by atoms with E-state index in [1.165, 1.54) is 36.7 Å². The average molecular weight is 440 g/mol. The van der Waals surface area contributed by atoms with Gasteiger partial charge in [-0.1, -0.05) is 42.1 Å². The minimum absolute atomic E-state index is 0.0990. The Balaban J connectivity index is 1.46. The topological polar surface area (TPSA) is 63.1 Å². The second-order valence-electron chi connectivity index (χ2n) is 7.66. The van der Waals surface area contributed by atoms with E-state index >= 15 is 0 Å². The Morgan fingerprint density at radius 1 is 1.10 bits per heavy atom. The molecule has 2 aromatic carbocycles. The van der Waals surface area contributed by atoms with Crippen LogP contribution in [-0.2, 0) is 17.9 Å². The van der Waals surface area contributed by atoms with Gasteiger partial charge in [0.15, 0.2) is 11.0 Å². The Bertz CT molecular complexity index is 1000. The maximum atomic E-state index is 13.1. The molecule has 1 amide bonds. The number of hydrogen-bond acceptors (Lipinski definition) is 5. The molecule has 1 unspecified atom stereocenters. The van der Waals surface area contributed by atoms with Crippen LogP contribution in [0.2, 0.25) is 0 Å². The number of para-hydroxylation sites is 1. The molecule has 0 radical (unpaired) electrons. The zero-order valence-corrected chi connectivity index (χ0v) is 18.3. The van der Waals surface area contributed by atoms with Crippen LogP contribution in [0.3, 0.4) is 0 Å². The summed E-state index contributed by atoms with van der Waals surface area (Å²) in [6, 6.07) is 16.1. The van der Waals surface area contributed by atoms with Crippen LogP contribution in [0.25, 0.3) is 5.69 Å². The van der Waals surface area contributed by atoms with Crippen molar-refractivity contribution in [3.8, 4) is 5.69 Å². The van der Waals surface area contributed by atoms with Crippen molar-refractivity contribution in [2.24, 2.45) is 0 Å². The highest BCUT2D eigenvalue weighted by molar-refractivity contribution is 8.00. The van der Waals surface area contributed by atoms with Gasteiger partial charge in [0.1, 0.15) is 5.82 Å². The second kappa shape index (κ2) is 10.1. The smallest absolute Gasteiger partial charge is 0.233 e. The molecular weight excluding hydrogens is 413 g/mol. The standard InChI is InChI=1S/C23H26FN5OS/c1-17(22(30)25-15-18-9-11-19(24)12-10-18)31-23-27-26-21(16-28-13-5-6-14-28)29(23)20-7-3-2-4-8-20/h2-4,7-12,17H,5-6,13-16H2,1H3,(H,25,30). The molecule has 1 fully saturated rings. The van der Waals surface area contributed by atoms with Gasteiger partial charge in [-0.25, -0.2) is 4.39 Å². The Morgan fingerprint density at radius 3 is 2.52 bits per heavy atom. The monoisotopic (exact) mass is 439 g/mol. The molecule has 0 saturated carbocycles. The third-order valence-corrected chi connectivity index (χ3v) is 6.35. The van der Waals surface area contributed by atoms with E-state index < -0.39 is 0 Å². The molecule has 3 aromatic rings. The van der Waals surface area contributed by atoms with Crippen LogP contribution in [0.5, 0.6) is 0 Å². The predicted molar refractivity (Wildman–Crippen MR) is 119 cm³/mol. The highest BCUT2D eigenvalue weighted by Gasteiger charge is 2.23. The summed E-state index contributed by atoms with van der Waals surface area (Å²) in [4.78, 5) is 15.0. The van der Waals surface area contributed by atoms with Crippen molar-refractivity contribution in [1.29, 1.82) is 0 Å². The third-order valence-electron chi connectivity index (χ3n) is 5.31. The zero-order chi connectivity index (χ0) is 21.6. The van der Waals surface area contributed by atoms with Gasteiger partial charge >= 0.3 is 0 Å². The van der Waals surface area contributed by atoms with E-state index in [0.717, 1.165) is 36.7 Å². The number of benzene rings is 2. The van der Waals surface area contributed by atoms with Crippen molar-refractivity contribution in [2.75, 3.05) is 13.1 Å². The summed E-state index contributed by atoms with van der Waals surface area (Å²) in [5.74, 6) is 0.497. The predicted octanol–water partition coefficient (Wildman–Crippen LogP) is 3.80. The molecule has 6 nitrogen and oxygen atoms in total. The van der Waals surface area contributed by atoms with Gasteiger partial charge in [0, 0.05) is 12.2 Å². The molecular formula is C23H26FN5OS. The maximum absolute atomic E-state index is 13.1. The first-order valence-electron chi connectivity index (χ1n) is 10.5. The molecule has 1 aromatic heterocycles. The molecule has 1 aliphatic heterocycles. The Labute approximate surface area is 185 Å². The summed E-state index contributed by atoms with van der Waals surface area (Å²) in [6.07, 6.45) is 2.43. The van der Waals surface area contributed by atoms with E-state index in [2.05, 4.69) is 20.4 Å². The molecule has 1 N–H and O–H groups in total. The molecule has 31 heavy (non-hydrogen) atoms. The second-order valence-corrected chi connectivity index (χ2v) is 8.97. The Kier molecular flexibility index (Phi) is 6.99. The number of amides is 1. The number of thioether (sulfide) groups is 1. The number of nitrogens with one attached hydrogen (secondary N) is 1. The fraction of sp³-hybridized carbons (Fsp3) is 0.348. The average Bonchev–Trinajstić information content (AvgIpc) is 3.44. The minimum atomic E-state index is -0.355. The van der Waals surface area contributed by atoms with Crippen molar-refractivity contribution < 1.29 is 9.18 Å². The lowest BCUT2D eigenvalue weighted by Gasteiger charge is -2.17. The summed E-state index contributed by atoms with van der Waals surface area (Å²) in [5, 5.41) is 12.1. The summed E-state index contributed by atoms with van der Waals surface area (Å²) < 4.78 is 15.1. The quantitative estimate of drug-likeness (QED) is 0.541. The first-order chi connectivity index (χ1) is 15.1. The van der Waals surface area contributed by atoms with E-state index in [1.807, 2.05) is 41.8 Å². The van der Waals surface area contributed by atoms with E-state index in [-0.39, 0.29) is 17.0 Å². The summed E-state index contributed by atoms with van der Waals surface area (Å²) in [6.45, 7) is 5.11. The van der Waals surface area contributed by atoms with Crippen molar-refractivity contribution in [2.45, 2.75) is 43.3 Å². The van der Waals surface area contributed by atoms with E-state index in [1.54, 1.807) is 12.1 Å². The van der Waals surface area contributed by atoms with Crippen molar-refractivity contribution in [3.63, 3.8) is 0 Å². The lowest BCUT2D eigenvalue weighted by molar-refractivity contribution is -0.120. The fourth-order valence-electron chi connectivity index (χ4n) is 3.60. The first kappa shape index (κ1) is 21.5. The largest absolute Gasteiger partial charge is 0.351 e. The molecule has 162 valence electrons. The van der Waals surface area contributed by atoms with E-state index in [0.29, 0.717) is 11.7 Å². The summed E-state index contributed by atoms with van der Waals surface area (Å²) in [7, 11) is 0. The number of rotatable bonds is 8. The van der Waals surface area contributed by atoms with Crippen molar-refractivity contribution >= 4 is 17.7 Å². The van der Waals surface area contributed by atoms with Crippen molar-refractivity contribution in [1.82, 2.24) is 25.0 Å². The van der Waals surface area contributed by atoms with Gasteiger partial charge in [0.25, 0.3) is 0 Å². The number of likely N-dealkylation sites (tertiary alicyclic amines) is 1. The number of carbonyl (C=O) groups is 1. The van der Waals surface area contributed by atoms with E-state index in [9.17, 15) is 9.18 Å². The molecule has 0 bridgehead atoms. The fourth-order valence-corrected chi connectivity index (χ4v) is 4.51. The number of carbonyl (C=O) groups excluding carboxylic acids is 1. The highest BCUT2D eigenvalue weighted by atomic mass is 32.2. The minimum Gasteiger partial charge on any atom is -0.351 e. The highest BCUT2D eigenvalue weighted by Crippen LogP contribution is 2.27. The molecule has 8 heteroatoms. The van der Waals surface area contributed by atoms with Crippen LogP contribution in [0.15, 0.2) is 59.8 Å².